The van der Waals surface area contributed by atoms with Crippen molar-refractivity contribution in [3.05, 3.63) is 0 Å². The van der Waals surface area contributed by atoms with Crippen molar-refractivity contribution in [1.82, 2.24) is 15.1 Å². The number of ether oxygens (including phenoxy) is 1. The molecule has 1 aliphatic carbocycles. The Balaban J connectivity index is 1.77. The van der Waals surface area contributed by atoms with Gasteiger partial charge >= 0.3 is 12.1 Å². The van der Waals surface area contributed by atoms with E-state index in [2.05, 4.69) is 12.2 Å². The van der Waals surface area contributed by atoms with Gasteiger partial charge in [0, 0.05) is 32.2 Å². The van der Waals surface area contributed by atoms with E-state index in [-0.39, 0.29) is 12.1 Å². The summed E-state index contributed by atoms with van der Waals surface area (Å²) in [5.41, 5.74) is -0.483. The van der Waals surface area contributed by atoms with Gasteiger partial charge in [0.25, 0.3) is 0 Å². The van der Waals surface area contributed by atoms with Crippen molar-refractivity contribution in [3.63, 3.8) is 0 Å². The minimum Gasteiger partial charge on any atom is -0.444 e. The van der Waals surface area contributed by atoms with Crippen LogP contribution in [0.3, 0.4) is 0 Å². The average Bonchev–Trinajstić information content (AvgIpc) is 2.48. The molecule has 132 valence electrons. The quantitative estimate of drug-likeness (QED) is 0.806. The zero-order chi connectivity index (χ0) is 17.0. The predicted molar refractivity (Wildman–Crippen MR) is 89.3 cm³/mol. The van der Waals surface area contributed by atoms with Crippen LogP contribution >= 0.6 is 0 Å². The third-order valence-electron chi connectivity index (χ3n) is 4.64. The molecule has 2 aliphatic rings. The second kappa shape index (κ2) is 7.41. The Kier molecular flexibility index (Phi) is 5.76. The number of hydrogen-bond acceptors (Lipinski definition) is 3. The van der Waals surface area contributed by atoms with E-state index in [1.165, 1.54) is 19.3 Å². The first-order valence-corrected chi connectivity index (χ1v) is 8.79. The number of nitrogens with zero attached hydrogens (tertiary/aromatic N) is 2. The summed E-state index contributed by atoms with van der Waals surface area (Å²) in [6.45, 7) is 9.98. The van der Waals surface area contributed by atoms with Gasteiger partial charge in [0.2, 0.25) is 0 Å². The van der Waals surface area contributed by atoms with Crippen molar-refractivity contribution in [3.8, 4) is 0 Å². The zero-order valence-corrected chi connectivity index (χ0v) is 14.9. The monoisotopic (exact) mass is 325 g/mol. The Hall–Kier alpha value is -1.46. The molecule has 3 amide bonds. The zero-order valence-electron chi connectivity index (χ0n) is 14.9. The lowest BCUT2D eigenvalue weighted by Gasteiger charge is -2.37. The first-order valence-electron chi connectivity index (χ1n) is 8.79. The van der Waals surface area contributed by atoms with Crippen LogP contribution in [0.5, 0.6) is 0 Å². The normalized spacial score (nSPS) is 25.9. The summed E-state index contributed by atoms with van der Waals surface area (Å²) in [6, 6.07) is 0.299. The fraction of sp³-hybridized carbons (Fsp3) is 0.882. The fourth-order valence-electron chi connectivity index (χ4n) is 3.20. The van der Waals surface area contributed by atoms with Crippen LogP contribution in [0.15, 0.2) is 0 Å². The minimum absolute atomic E-state index is 0.00703. The number of carbonyl (C=O) groups excluding carboxylic acids is 2. The number of hydrogen-bond donors (Lipinski definition) is 1. The molecule has 0 radical (unpaired) electrons. The summed E-state index contributed by atoms with van der Waals surface area (Å²) in [5.74, 6) is 0.552. The van der Waals surface area contributed by atoms with Crippen LogP contribution in [0.1, 0.15) is 53.4 Å². The molecule has 2 rings (SSSR count). The van der Waals surface area contributed by atoms with E-state index < -0.39 is 5.60 Å². The van der Waals surface area contributed by atoms with E-state index in [1.54, 1.807) is 4.90 Å². The number of piperazine rings is 1. The van der Waals surface area contributed by atoms with E-state index in [0.29, 0.717) is 38.1 Å². The maximum Gasteiger partial charge on any atom is 0.410 e. The van der Waals surface area contributed by atoms with Crippen LogP contribution < -0.4 is 5.32 Å². The molecular formula is C17H31N3O3. The molecule has 0 unspecified atom stereocenters. The molecule has 0 spiro atoms. The number of carbonyl (C=O) groups is 2. The van der Waals surface area contributed by atoms with Crippen LogP contribution in [0, 0.1) is 5.92 Å². The molecule has 6 nitrogen and oxygen atoms in total. The van der Waals surface area contributed by atoms with Crippen molar-refractivity contribution in [2.45, 2.75) is 65.0 Å². The van der Waals surface area contributed by atoms with Gasteiger partial charge in [0.05, 0.1) is 0 Å². The van der Waals surface area contributed by atoms with Gasteiger partial charge in [-0.25, -0.2) is 9.59 Å². The number of rotatable bonds is 1. The van der Waals surface area contributed by atoms with Crippen LogP contribution in [0.2, 0.25) is 0 Å². The van der Waals surface area contributed by atoms with Gasteiger partial charge in [-0.05, 0) is 39.5 Å². The molecule has 1 N–H and O–H groups in total. The van der Waals surface area contributed by atoms with Gasteiger partial charge in [-0.2, -0.15) is 0 Å². The summed E-state index contributed by atoms with van der Waals surface area (Å²) in [7, 11) is 0. The molecule has 2 fully saturated rings. The highest BCUT2D eigenvalue weighted by atomic mass is 16.6. The standard InChI is InChI=1S/C17H31N3O3/c1-13-7-5-6-8-14(13)18-15(21)19-9-11-20(12-10-19)16(22)23-17(2,3)4/h13-14H,5-12H2,1-4H3,(H,18,21)/t13-,14-/m1/s1. The third kappa shape index (κ3) is 5.29. The number of nitrogens with one attached hydrogen (secondary N) is 1. The topological polar surface area (TPSA) is 61.9 Å². The molecule has 0 aromatic rings. The highest BCUT2D eigenvalue weighted by molar-refractivity contribution is 5.75. The van der Waals surface area contributed by atoms with E-state index in [9.17, 15) is 9.59 Å². The summed E-state index contributed by atoms with van der Waals surface area (Å²) in [4.78, 5) is 27.9. The average molecular weight is 325 g/mol. The second-order valence-corrected chi connectivity index (χ2v) is 7.77. The van der Waals surface area contributed by atoms with Gasteiger partial charge in [-0.1, -0.05) is 19.8 Å². The van der Waals surface area contributed by atoms with Crippen molar-refractivity contribution in [2.24, 2.45) is 5.92 Å². The largest absolute Gasteiger partial charge is 0.444 e. The highest BCUT2D eigenvalue weighted by Gasteiger charge is 2.29. The molecular weight excluding hydrogens is 294 g/mol. The molecule has 2 atom stereocenters. The van der Waals surface area contributed by atoms with E-state index >= 15 is 0 Å². The molecule has 0 aromatic carbocycles. The lowest BCUT2D eigenvalue weighted by molar-refractivity contribution is 0.0168. The maximum absolute atomic E-state index is 12.4. The highest BCUT2D eigenvalue weighted by Crippen LogP contribution is 2.24. The lowest BCUT2D eigenvalue weighted by Crippen LogP contribution is -2.56. The smallest absolute Gasteiger partial charge is 0.410 e. The summed E-state index contributed by atoms with van der Waals surface area (Å²) in [6.07, 6.45) is 4.44. The lowest BCUT2D eigenvalue weighted by atomic mass is 9.86. The molecule has 0 aromatic heterocycles. The van der Waals surface area contributed by atoms with E-state index in [0.717, 1.165) is 6.42 Å². The Morgan fingerprint density at radius 2 is 1.57 bits per heavy atom. The summed E-state index contributed by atoms with van der Waals surface area (Å²) >= 11 is 0. The van der Waals surface area contributed by atoms with Gasteiger partial charge in [-0.3, -0.25) is 0 Å². The second-order valence-electron chi connectivity index (χ2n) is 7.77. The van der Waals surface area contributed by atoms with Crippen LogP contribution in [0.4, 0.5) is 9.59 Å². The Morgan fingerprint density at radius 1 is 1.00 bits per heavy atom. The third-order valence-corrected chi connectivity index (χ3v) is 4.64. The first-order chi connectivity index (χ1) is 10.8. The Labute approximate surface area is 139 Å². The first kappa shape index (κ1) is 17.9. The van der Waals surface area contributed by atoms with Gasteiger partial charge in [0.15, 0.2) is 0 Å². The molecule has 23 heavy (non-hydrogen) atoms. The van der Waals surface area contributed by atoms with Crippen LogP contribution in [-0.2, 0) is 4.74 Å². The summed E-state index contributed by atoms with van der Waals surface area (Å²) in [5, 5.41) is 3.17. The Bertz CT molecular complexity index is 425. The van der Waals surface area contributed by atoms with Gasteiger partial charge in [-0.15, -0.1) is 0 Å². The minimum atomic E-state index is -0.483. The molecule has 6 heteroatoms. The molecule has 1 heterocycles. The predicted octanol–water partition coefficient (Wildman–Crippen LogP) is 2.83. The van der Waals surface area contributed by atoms with E-state index in [4.69, 9.17) is 4.74 Å². The van der Waals surface area contributed by atoms with Crippen molar-refractivity contribution >= 4 is 12.1 Å². The molecule has 1 saturated heterocycles. The summed E-state index contributed by atoms with van der Waals surface area (Å²) < 4.78 is 5.38. The molecule has 1 saturated carbocycles. The number of urea groups is 1. The maximum atomic E-state index is 12.4. The molecule has 0 bridgehead atoms. The van der Waals surface area contributed by atoms with Gasteiger partial charge < -0.3 is 19.9 Å². The van der Waals surface area contributed by atoms with Crippen molar-refractivity contribution in [1.29, 1.82) is 0 Å². The molecule has 1 aliphatic heterocycles. The SMILES string of the molecule is C[C@@H]1CCCC[C@H]1NC(=O)N1CCN(C(=O)OC(C)(C)C)CC1. The van der Waals surface area contributed by atoms with Gasteiger partial charge in [0.1, 0.15) is 5.60 Å². The number of amides is 3. The van der Waals surface area contributed by atoms with Crippen molar-refractivity contribution < 1.29 is 14.3 Å². The fourth-order valence-corrected chi connectivity index (χ4v) is 3.20. The van der Waals surface area contributed by atoms with E-state index in [1.807, 2.05) is 25.7 Å². The Morgan fingerprint density at radius 3 is 2.13 bits per heavy atom. The van der Waals surface area contributed by atoms with Crippen LogP contribution in [-0.4, -0.2) is 59.7 Å². The van der Waals surface area contributed by atoms with Crippen molar-refractivity contribution in [2.75, 3.05) is 26.2 Å². The van der Waals surface area contributed by atoms with Crippen LogP contribution in [0.25, 0.3) is 0 Å².